The minimum atomic E-state index is -4.62. The average molecular weight is 419 g/mol. The van der Waals surface area contributed by atoms with Gasteiger partial charge in [-0.2, -0.15) is 13.2 Å². The number of nitro groups is 1. The summed E-state index contributed by atoms with van der Waals surface area (Å²) in [6.45, 7) is 0.136. The first-order valence-electron chi connectivity index (χ1n) is 7.76. The molecular weight excluding hydrogens is 405 g/mol. The van der Waals surface area contributed by atoms with Gasteiger partial charge in [-0.25, -0.2) is 9.97 Å². The summed E-state index contributed by atoms with van der Waals surface area (Å²) >= 11 is 5.85. The van der Waals surface area contributed by atoms with Crippen LogP contribution in [0.2, 0.25) is 5.15 Å². The Balaban J connectivity index is 1.75. The number of allylic oxidation sites excluding steroid dienone is 1. The number of alkyl halides is 3. The number of dihydropyridines is 1. The molecule has 3 heterocycles. The molecule has 1 atom stereocenters. The Morgan fingerprint density at radius 1 is 1.43 bits per heavy atom. The van der Waals surface area contributed by atoms with Crippen molar-refractivity contribution in [2.75, 3.05) is 11.9 Å². The predicted molar refractivity (Wildman–Crippen MR) is 93.5 cm³/mol. The van der Waals surface area contributed by atoms with Crippen LogP contribution in [0.25, 0.3) is 5.65 Å². The summed E-state index contributed by atoms with van der Waals surface area (Å²) in [5.74, 6) is -0.161. The van der Waals surface area contributed by atoms with Gasteiger partial charge in [-0.05, 0) is 6.08 Å². The average Bonchev–Trinajstić information content (AvgIpc) is 2.98. The van der Waals surface area contributed by atoms with Gasteiger partial charge in [-0.15, -0.1) is 0 Å². The number of hydrogen-bond donors (Lipinski definition) is 4. The summed E-state index contributed by atoms with van der Waals surface area (Å²) in [4.78, 5) is 17.6. The summed E-state index contributed by atoms with van der Waals surface area (Å²) in [7, 11) is 0. The molecule has 1 unspecified atom stereocenters. The van der Waals surface area contributed by atoms with Gasteiger partial charge in [0.15, 0.2) is 11.5 Å². The highest BCUT2D eigenvalue weighted by atomic mass is 35.5. The summed E-state index contributed by atoms with van der Waals surface area (Å²) in [5.41, 5.74) is 9.07. The lowest BCUT2D eigenvalue weighted by Gasteiger charge is -2.30. The molecule has 0 aromatic carbocycles. The number of fused-ring (bicyclic) bond motifs is 1. The van der Waals surface area contributed by atoms with Crippen molar-refractivity contribution in [2.45, 2.75) is 18.3 Å². The molecule has 0 aliphatic carbocycles. The quantitative estimate of drug-likeness (QED) is 0.323. The molecule has 14 heteroatoms. The number of nitrogens with two attached hydrogens (primary N) is 2. The number of imidazole rings is 1. The zero-order chi connectivity index (χ0) is 20.7. The fraction of sp³-hybridized carbons (Fsp3) is 0.286. The van der Waals surface area contributed by atoms with Crippen molar-refractivity contribution in [3.05, 3.63) is 56.9 Å². The third-order valence-electron chi connectivity index (χ3n) is 3.91. The van der Waals surface area contributed by atoms with Crippen LogP contribution in [0.15, 0.2) is 35.9 Å². The van der Waals surface area contributed by atoms with Crippen LogP contribution in [0.4, 0.5) is 19.1 Å². The van der Waals surface area contributed by atoms with Crippen LogP contribution >= 0.6 is 11.6 Å². The summed E-state index contributed by atoms with van der Waals surface area (Å²) in [5, 5.41) is 16.2. The molecule has 0 fully saturated rings. The summed E-state index contributed by atoms with van der Waals surface area (Å²) in [6, 6.07) is 1.20. The largest absolute Gasteiger partial charge is 0.434 e. The summed E-state index contributed by atoms with van der Waals surface area (Å²) < 4.78 is 39.8. The highest BCUT2D eigenvalue weighted by Gasteiger charge is 2.34. The molecule has 0 saturated carbocycles. The van der Waals surface area contributed by atoms with E-state index in [2.05, 4.69) is 20.6 Å². The van der Waals surface area contributed by atoms with E-state index in [0.29, 0.717) is 0 Å². The van der Waals surface area contributed by atoms with E-state index in [1.807, 2.05) is 0 Å². The van der Waals surface area contributed by atoms with Crippen molar-refractivity contribution in [3.8, 4) is 0 Å². The number of hydrogen-bond acceptors (Lipinski definition) is 8. The number of anilines is 1. The molecule has 10 nitrogen and oxygen atoms in total. The first-order chi connectivity index (χ1) is 13.0. The van der Waals surface area contributed by atoms with Crippen LogP contribution < -0.4 is 22.1 Å². The topological polar surface area (TPSA) is 149 Å². The van der Waals surface area contributed by atoms with Gasteiger partial charge < -0.3 is 22.1 Å². The molecule has 0 amide bonds. The lowest BCUT2D eigenvalue weighted by atomic mass is 10.0. The Morgan fingerprint density at radius 2 is 2.14 bits per heavy atom. The summed E-state index contributed by atoms with van der Waals surface area (Å²) in [6.07, 6.45) is -1.09. The van der Waals surface area contributed by atoms with Gasteiger partial charge in [0.05, 0.1) is 4.92 Å². The minimum Gasteiger partial charge on any atom is -0.380 e. The van der Waals surface area contributed by atoms with E-state index in [-0.39, 0.29) is 41.2 Å². The third kappa shape index (κ3) is 3.94. The highest BCUT2D eigenvalue weighted by molar-refractivity contribution is 6.29. The molecule has 0 saturated heterocycles. The smallest absolute Gasteiger partial charge is 0.380 e. The molecule has 3 rings (SSSR count). The standard InChI is InChI=1S/C14H14ClF3N8O2/c15-9-5-10-22-8(14(16,17)18)6-25(10)12(23-9)21-4-3-13(20)2-1-7(26(27)28)11(19)24-13/h1-2,5-6,24H,3-4,19-20H2,(H,21,23). The van der Waals surface area contributed by atoms with E-state index in [0.717, 1.165) is 10.6 Å². The molecule has 0 radical (unpaired) electrons. The lowest BCUT2D eigenvalue weighted by molar-refractivity contribution is -0.421. The van der Waals surface area contributed by atoms with Crippen molar-refractivity contribution < 1.29 is 18.1 Å². The molecule has 2 aromatic rings. The van der Waals surface area contributed by atoms with E-state index in [4.69, 9.17) is 23.1 Å². The molecule has 150 valence electrons. The van der Waals surface area contributed by atoms with Crippen LogP contribution in [0.3, 0.4) is 0 Å². The zero-order valence-electron chi connectivity index (χ0n) is 14.0. The Labute approximate surface area is 160 Å². The Kier molecular flexibility index (Phi) is 4.81. The Hall–Kier alpha value is -3.06. The van der Waals surface area contributed by atoms with Gasteiger partial charge in [-0.1, -0.05) is 11.6 Å². The van der Waals surface area contributed by atoms with E-state index in [1.54, 1.807) is 0 Å². The molecule has 0 spiro atoms. The molecular formula is C14H14ClF3N8O2. The van der Waals surface area contributed by atoms with E-state index in [9.17, 15) is 23.3 Å². The number of aromatic nitrogens is 3. The number of rotatable bonds is 5. The molecule has 0 bridgehead atoms. The number of nitrogens with one attached hydrogen (secondary N) is 2. The van der Waals surface area contributed by atoms with Gasteiger partial charge >= 0.3 is 11.9 Å². The Bertz CT molecular complexity index is 1000. The van der Waals surface area contributed by atoms with Crippen LogP contribution in [0.1, 0.15) is 12.1 Å². The maximum Gasteiger partial charge on any atom is 0.434 e. The normalized spacial score (nSPS) is 19.8. The van der Waals surface area contributed by atoms with Crippen molar-refractivity contribution in [1.82, 2.24) is 19.7 Å². The zero-order valence-corrected chi connectivity index (χ0v) is 14.8. The number of halogens is 4. The fourth-order valence-corrected chi connectivity index (χ4v) is 2.76. The first-order valence-corrected chi connectivity index (χ1v) is 8.13. The van der Waals surface area contributed by atoms with E-state index >= 15 is 0 Å². The van der Waals surface area contributed by atoms with Crippen molar-refractivity contribution in [3.63, 3.8) is 0 Å². The fourth-order valence-electron chi connectivity index (χ4n) is 2.58. The molecule has 28 heavy (non-hydrogen) atoms. The van der Waals surface area contributed by atoms with Crippen molar-refractivity contribution in [1.29, 1.82) is 0 Å². The van der Waals surface area contributed by atoms with Gasteiger partial charge in [0.2, 0.25) is 5.95 Å². The van der Waals surface area contributed by atoms with Crippen LogP contribution in [0.5, 0.6) is 0 Å². The van der Waals surface area contributed by atoms with Gasteiger partial charge in [0, 0.05) is 31.3 Å². The molecule has 6 N–H and O–H groups in total. The Morgan fingerprint density at radius 3 is 2.75 bits per heavy atom. The van der Waals surface area contributed by atoms with E-state index < -0.39 is 22.5 Å². The highest BCUT2D eigenvalue weighted by Crippen LogP contribution is 2.29. The molecule has 2 aromatic heterocycles. The second-order valence-electron chi connectivity index (χ2n) is 5.99. The number of nitrogens with zero attached hydrogens (tertiary/aromatic N) is 4. The SMILES string of the molecule is NC1=C([N+](=O)[O-])C=CC(N)(CCNc2nc(Cl)cc3nc(C(F)(F)F)cn23)N1. The van der Waals surface area contributed by atoms with Crippen molar-refractivity contribution in [2.24, 2.45) is 11.5 Å². The van der Waals surface area contributed by atoms with Gasteiger partial charge in [0.1, 0.15) is 16.5 Å². The third-order valence-corrected chi connectivity index (χ3v) is 4.11. The van der Waals surface area contributed by atoms with Crippen LogP contribution in [-0.4, -0.2) is 31.5 Å². The maximum atomic E-state index is 12.9. The van der Waals surface area contributed by atoms with Crippen LogP contribution in [-0.2, 0) is 6.18 Å². The van der Waals surface area contributed by atoms with Crippen molar-refractivity contribution >= 4 is 23.2 Å². The lowest BCUT2D eigenvalue weighted by Crippen LogP contribution is -2.55. The second-order valence-corrected chi connectivity index (χ2v) is 6.37. The first kappa shape index (κ1) is 19.7. The maximum absolute atomic E-state index is 12.9. The molecule has 1 aliphatic rings. The molecule has 1 aliphatic heterocycles. The minimum absolute atomic E-state index is 0.0309. The second kappa shape index (κ2) is 6.83. The predicted octanol–water partition coefficient (Wildman–Crippen LogP) is 1.42. The van der Waals surface area contributed by atoms with Gasteiger partial charge in [0.25, 0.3) is 0 Å². The van der Waals surface area contributed by atoms with E-state index in [1.165, 1.54) is 18.2 Å². The van der Waals surface area contributed by atoms with Crippen LogP contribution in [0, 0.1) is 10.1 Å². The van der Waals surface area contributed by atoms with Gasteiger partial charge in [-0.3, -0.25) is 14.5 Å². The monoisotopic (exact) mass is 418 g/mol.